The molecule has 0 unspecified atom stereocenters. The maximum absolute atomic E-state index is 12.9. The lowest BCUT2D eigenvalue weighted by Crippen LogP contribution is -2.50. The second kappa shape index (κ2) is 7.43. The molecule has 5 nitrogen and oxygen atoms in total. The van der Waals surface area contributed by atoms with Crippen LogP contribution >= 0.6 is 0 Å². The molecule has 1 fully saturated rings. The maximum atomic E-state index is 12.9. The van der Waals surface area contributed by atoms with Crippen LogP contribution in [-0.2, 0) is 6.42 Å². The predicted molar refractivity (Wildman–Crippen MR) is 103 cm³/mol. The number of carbonyl (C=O) groups is 2. The third-order valence-electron chi connectivity index (χ3n) is 5.66. The van der Waals surface area contributed by atoms with Crippen LogP contribution in [0.5, 0.6) is 5.75 Å². The number of nitrogens with zero attached hydrogens (tertiary/aromatic N) is 2. The van der Waals surface area contributed by atoms with Crippen molar-refractivity contribution in [2.45, 2.75) is 25.3 Å². The number of hydrogen-bond acceptors (Lipinski definition) is 3. The van der Waals surface area contributed by atoms with Gasteiger partial charge in [-0.05, 0) is 43.0 Å². The normalized spacial score (nSPS) is 17.6. The molecule has 4 rings (SSSR count). The summed E-state index contributed by atoms with van der Waals surface area (Å²) in [5, 5.41) is 0. The molecule has 0 radical (unpaired) electrons. The van der Waals surface area contributed by atoms with Crippen LogP contribution in [0, 0.1) is 0 Å². The van der Waals surface area contributed by atoms with Crippen LogP contribution in [0.15, 0.2) is 48.5 Å². The third-order valence-corrected chi connectivity index (χ3v) is 5.66. The van der Waals surface area contributed by atoms with Crippen molar-refractivity contribution in [3.8, 4) is 5.75 Å². The fourth-order valence-electron chi connectivity index (χ4n) is 4.16. The summed E-state index contributed by atoms with van der Waals surface area (Å²) in [6.07, 6.45) is 2.53. The third kappa shape index (κ3) is 3.29. The zero-order chi connectivity index (χ0) is 18.8. The topological polar surface area (TPSA) is 49.9 Å². The number of likely N-dealkylation sites (tertiary alicyclic amines) is 1. The van der Waals surface area contributed by atoms with E-state index in [1.165, 1.54) is 0 Å². The Labute approximate surface area is 159 Å². The Hall–Kier alpha value is -2.82. The zero-order valence-corrected chi connectivity index (χ0v) is 15.6. The van der Waals surface area contributed by atoms with Crippen molar-refractivity contribution in [2.75, 3.05) is 26.7 Å². The Morgan fingerprint density at radius 2 is 1.70 bits per heavy atom. The highest BCUT2D eigenvalue weighted by Crippen LogP contribution is 2.27. The first-order valence-electron chi connectivity index (χ1n) is 9.50. The van der Waals surface area contributed by atoms with Crippen molar-refractivity contribution in [1.29, 1.82) is 0 Å². The molecule has 2 heterocycles. The van der Waals surface area contributed by atoms with Gasteiger partial charge in [0.1, 0.15) is 5.75 Å². The summed E-state index contributed by atoms with van der Waals surface area (Å²) in [6, 6.07) is 15.4. The van der Waals surface area contributed by atoms with Crippen molar-refractivity contribution in [2.24, 2.45) is 0 Å². The van der Waals surface area contributed by atoms with Crippen LogP contribution in [0.25, 0.3) is 0 Å². The van der Waals surface area contributed by atoms with E-state index in [2.05, 4.69) is 0 Å². The number of methoxy groups -OCH3 is 1. The summed E-state index contributed by atoms with van der Waals surface area (Å²) in [6.45, 7) is 2.08. The second-order valence-electron chi connectivity index (χ2n) is 7.13. The highest BCUT2D eigenvalue weighted by molar-refractivity contribution is 5.98. The molecule has 2 aliphatic heterocycles. The fraction of sp³-hybridized carbons (Fsp3) is 0.364. The summed E-state index contributed by atoms with van der Waals surface area (Å²) in [5.74, 6) is 0.736. The van der Waals surface area contributed by atoms with Crippen molar-refractivity contribution in [1.82, 2.24) is 9.80 Å². The van der Waals surface area contributed by atoms with Gasteiger partial charge in [0.05, 0.1) is 12.7 Å². The monoisotopic (exact) mass is 364 g/mol. The minimum absolute atomic E-state index is 0.00113. The van der Waals surface area contributed by atoms with E-state index in [0.29, 0.717) is 24.4 Å². The highest BCUT2D eigenvalue weighted by Gasteiger charge is 2.33. The minimum atomic E-state index is 0.00113. The van der Waals surface area contributed by atoms with E-state index in [4.69, 9.17) is 4.74 Å². The maximum Gasteiger partial charge on any atom is 0.257 e. The number of ether oxygens (including phenoxy) is 1. The Kier molecular flexibility index (Phi) is 4.84. The fourth-order valence-corrected chi connectivity index (χ4v) is 4.16. The molecule has 27 heavy (non-hydrogen) atoms. The average molecular weight is 364 g/mol. The van der Waals surface area contributed by atoms with Gasteiger partial charge in [-0.15, -0.1) is 0 Å². The number of benzene rings is 2. The minimum Gasteiger partial charge on any atom is -0.496 e. The number of carbonyl (C=O) groups excluding carboxylic acids is 2. The lowest BCUT2D eigenvalue weighted by atomic mass is 9.94. The molecule has 1 saturated heterocycles. The molecule has 2 aromatic carbocycles. The molecule has 5 heteroatoms. The van der Waals surface area contributed by atoms with Gasteiger partial charge in [-0.1, -0.05) is 30.3 Å². The number of fused-ring (bicyclic) bond motifs is 1. The van der Waals surface area contributed by atoms with Crippen molar-refractivity contribution >= 4 is 11.8 Å². The molecule has 0 atom stereocenters. The summed E-state index contributed by atoms with van der Waals surface area (Å²) < 4.78 is 5.32. The largest absolute Gasteiger partial charge is 0.496 e. The van der Waals surface area contributed by atoms with Gasteiger partial charge in [-0.3, -0.25) is 9.59 Å². The quantitative estimate of drug-likeness (QED) is 0.841. The molecule has 0 N–H and O–H groups in total. The van der Waals surface area contributed by atoms with Gasteiger partial charge >= 0.3 is 0 Å². The smallest absolute Gasteiger partial charge is 0.257 e. The standard InChI is InChI=1S/C22H24N2O3/c1-27-20-9-5-4-8-19(20)21(25)23-13-11-17(12-14-23)24-15-10-16-6-2-3-7-18(16)22(24)26/h2-9,17H,10-15H2,1H3. The second-order valence-corrected chi connectivity index (χ2v) is 7.13. The van der Waals surface area contributed by atoms with Gasteiger partial charge in [0.15, 0.2) is 0 Å². The Morgan fingerprint density at radius 1 is 1.00 bits per heavy atom. The predicted octanol–water partition coefficient (Wildman–Crippen LogP) is 3.00. The summed E-state index contributed by atoms with van der Waals surface area (Å²) in [5.41, 5.74) is 2.57. The van der Waals surface area contributed by atoms with Crippen molar-refractivity contribution in [3.05, 3.63) is 65.2 Å². The molecular formula is C22H24N2O3. The van der Waals surface area contributed by atoms with Gasteiger partial charge in [0.25, 0.3) is 11.8 Å². The van der Waals surface area contributed by atoms with Gasteiger partial charge in [-0.25, -0.2) is 0 Å². The van der Waals surface area contributed by atoms with Crippen molar-refractivity contribution in [3.63, 3.8) is 0 Å². The number of amides is 2. The van der Waals surface area contributed by atoms with E-state index < -0.39 is 0 Å². The van der Waals surface area contributed by atoms with E-state index >= 15 is 0 Å². The molecule has 2 aliphatic rings. The molecule has 0 aliphatic carbocycles. The van der Waals surface area contributed by atoms with Crippen LogP contribution in [0.2, 0.25) is 0 Å². The van der Waals surface area contributed by atoms with Crippen LogP contribution in [-0.4, -0.2) is 54.4 Å². The van der Waals surface area contributed by atoms with Gasteiger partial charge in [-0.2, -0.15) is 0 Å². The van der Waals surface area contributed by atoms with Crippen LogP contribution in [0.4, 0.5) is 0 Å². The number of para-hydroxylation sites is 1. The number of rotatable bonds is 3. The lowest BCUT2D eigenvalue weighted by molar-refractivity contribution is 0.0504. The van der Waals surface area contributed by atoms with E-state index in [-0.39, 0.29) is 17.9 Å². The molecule has 0 bridgehead atoms. The molecule has 2 amide bonds. The Bertz CT molecular complexity index is 856. The first-order valence-corrected chi connectivity index (χ1v) is 9.50. The zero-order valence-electron chi connectivity index (χ0n) is 15.6. The highest BCUT2D eigenvalue weighted by atomic mass is 16.5. The van der Waals surface area contributed by atoms with Crippen LogP contribution in [0.1, 0.15) is 39.1 Å². The molecule has 0 aromatic heterocycles. The summed E-state index contributed by atoms with van der Waals surface area (Å²) in [7, 11) is 1.58. The van der Waals surface area contributed by atoms with Gasteiger partial charge in [0.2, 0.25) is 0 Å². The Balaban J connectivity index is 1.42. The number of piperidine rings is 1. The van der Waals surface area contributed by atoms with Crippen LogP contribution in [0.3, 0.4) is 0 Å². The average Bonchev–Trinajstić information content (AvgIpc) is 2.74. The number of hydrogen-bond donors (Lipinski definition) is 0. The molecule has 0 spiro atoms. The molecule has 140 valence electrons. The first-order chi connectivity index (χ1) is 13.2. The summed E-state index contributed by atoms with van der Waals surface area (Å²) >= 11 is 0. The van der Waals surface area contributed by atoms with E-state index in [1.54, 1.807) is 13.2 Å². The SMILES string of the molecule is COc1ccccc1C(=O)N1CCC(N2CCc3ccccc3C2=O)CC1. The van der Waals surface area contributed by atoms with Gasteiger partial charge < -0.3 is 14.5 Å². The Morgan fingerprint density at radius 3 is 2.48 bits per heavy atom. The van der Waals surface area contributed by atoms with E-state index in [9.17, 15) is 9.59 Å². The molecular weight excluding hydrogens is 340 g/mol. The first kappa shape index (κ1) is 17.6. The van der Waals surface area contributed by atoms with Crippen LogP contribution < -0.4 is 4.74 Å². The van der Waals surface area contributed by atoms with Crippen molar-refractivity contribution < 1.29 is 14.3 Å². The molecule has 2 aromatic rings. The summed E-state index contributed by atoms with van der Waals surface area (Å²) in [4.78, 5) is 29.6. The van der Waals surface area contributed by atoms with E-state index in [0.717, 1.165) is 36.9 Å². The lowest BCUT2D eigenvalue weighted by Gasteiger charge is -2.40. The van der Waals surface area contributed by atoms with Gasteiger partial charge in [0, 0.05) is 31.2 Å². The molecule has 0 saturated carbocycles. The van der Waals surface area contributed by atoms with E-state index in [1.807, 2.05) is 52.3 Å².